The number of unbranched alkanes of at least 4 members (excludes halogenated alkanes) is 4. The van der Waals surface area contributed by atoms with Gasteiger partial charge in [0.1, 0.15) is 16.5 Å². The van der Waals surface area contributed by atoms with Gasteiger partial charge in [-0.15, -0.1) is 11.3 Å². The van der Waals surface area contributed by atoms with Crippen LogP contribution in [0.25, 0.3) is 43.4 Å². The maximum Gasteiger partial charge on any atom is 0.203 e. The minimum atomic E-state index is 0.522. The first kappa shape index (κ1) is 40.9. The highest BCUT2D eigenvalue weighted by atomic mass is 32.1. The highest BCUT2D eigenvalue weighted by Gasteiger charge is 2.19. The number of piperazine rings is 1. The fraction of sp³-hybridized carbons (Fsp3) is 0.391. The van der Waals surface area contributed by atoms with E-state index in [1.54, 1.807) is 39.8 Å². The molecule has 7 rings (SSSR count). The number of hydrogen-bond donors (Lipinski definition) is 0. The zero-order valence-corrected chi connectivity index (χ0v) is 34.9. The van der Waals surface area contributed by atoms with Crippen LogP contribution in [0, 0.1) is 0 Å². The Morgan fingerprint density at radius 2 is 1.26 bits per heavy atom. The van der Waals surface area contributed by atoms with Crippen molar-refractivity contribution in [2.24, 2.45) is 0 Å². The topological polar surface area (TPSA) is 101 Å². The number of aromatic nitrogens is 2. The zero-order chi connectivity index (χ0) is 40.1. The van der Waals surface area contributed by atoms with Gasteiger partial charge < -0.3 is 42.7 Å². The third kappa shape index (κ3) is 10.4. The number of methoxy groups -OCH3 is 4. The van der Waals surface area contributed by atoms with Gasteiger partial charge in [0.05, 0.1) is 51.9 Å². The second-order valence-corrected chi connectivity index (χ2v) is 15.4. The third-order valence-electron chi connectivity index (χ3n) is 10.5. The van der Waals surface area contributed by atoms with Crippen molar-refractivity contribution in [3.05, 3.63) is 84.9 Å². The molecule has 1 fully saturated rings. The lowest BCUT2D eigenvalue weighted by Gasteiger charge is -2.34. The number of rotatable bonds is 21. The van der Waals surface area contributed by atoms with Gasteiger partial charge in [-0.3, -0.25) is 0 Å². The maximum atomic E-state index is 6.23. The van der Waals surface area contributed by atoms with Crippen LogP contribution in [0.15, 0.2) is 89.5 Å². The Morgan fingerprint density at radius 3 is 1.93 bits per heavy atom. The molecule has 0 spiro atoms. The molecule has 1 saturated heterocycles. The van der Waals surface area contributed by atoms with Crippen LogP contribution in [0.2, 0.25) is 0 Å². The van der Waals surface area contributed by atoms with E-state index in [1.807, 2.05) is 48.5 Å². The first-order valence-corrected chi connectivity index (χ1v) is 21.0. The van der Waals surface area contributed by atoms with Crippen LogP contribution in [0.1, 0.15) is 38.5 Å². The smallest absolute Gasteiger partial charge is 0.203 e. The minimum Gasteiger partial charge on any atom is -0.494 e. The Labute approximate surface area is 345 Å². The van der Waals surface area contributed by atoms with Crippen LogP contribution in [0.5, 0.6) is 34.5 Å². The van der Waals surface area contributed by atoms with E-state index in [9.17, 15) is 0 Å². The molecule has 1 aliphatic heterocycles. The van der Waals surface area contributed by atoms with Crippen molar-refractivity contribution in [3.63, 3.8) is 0 Å². The van der Waals surface area contributed by atoms with E-state index in [0.29, 0.717) is 46.8 Å². The fourth-order valence-electron chi connectivity index (χ4n) is 7.27. The van der Waals surface area contributed by atoms with Crippen LogP contribution in [0.3, 0.4) is 0 Å². The van der Waals surface area contributed by atoms with E-state index in [0.717, 1.165) is 105 Å². The molecule has 11 nitrogen and oxygen atoms in total. The van der Waals surface area contributed by atoms with Gasteiger partial charge in [0.2, 0.25) is 5.75 Å². The summed E-state index contributed by atoms with van der Waals surface area (Å²) >= 11 is 1.72. The molecule has 58 heavy (non-hydrogen) atoms. The van der Waals surface area contributed by atoms with Crippen LogP contribution in [-0.4, -0.2) is 101 Å². The van der Waals surface area contributed by atoms with Gasteiger partial charge in [-0.2, -0.15) is 0 Å². The summed E-state index contributed by atoms with van der Waals surface area (Å²) in [5, 5.41) is 5.35. The van der Waals surface area contributed by atoms with Gasteiger partial charge in [-0.05, 0) is 106 Å². The largest absolute Gasteiger partial charge is 0.494 e. The molecule has 2 aromatic heterocycles. The molecule has 0 radical (unpaired) electrons. The fourth-order valence-corrected chi connectivity index (χ4v) is 8.23. The van der Waals surface area contributed by atoms with E-state index in [2.05, 4.69) is 51.4 Å². The van der Waals surface area contributed by atoms with Gasteiger partial charge in [0.15, 0.2) is 28.8 Å². The molecule has 306 valence electrons. The molecule has 0 aliphatic carbocycles. The Kier molecular flexibility index (Phi) is 14.4. The van der Waals surface area contributed by atoms with Crippen molar-refractivity contribution < 1.29 is 32.9 Å². The third-order valence-corrected chi connectivity index (χ3v) is 11.6. The van der Waals surface area contributed by atoms with Crippen LogP contribution >= 0.6 is 11.3 Å². The van der Waals surface area contributed by atoms with Crippen molar-refractivity contribution in [3.8, 4) is 67.6 Å². The quantitative estimate of drug-likeness (QED) is 0.0650. The molecule has 1 aliphatic rings. The lowest BCUT2D eigenvalue weighted by atomic mass is 10.1. The number of benzene rings is 4. The van der Waals surface area contributed by atoms with Crippen molar-refractivity contribution in [1.29, 1.82) is 0 Å². The van der Waals surface area contributed by atoms with E-state index >= 15 is 0 Å². The van der Waals surface area contributed by atoms with Gasteiger partial charge in [0.25, 0.3) is 0 Å². The Hall–Kier alpha value is -5.30. The summed E-state index contributed by atoms with van der Waals surface area (Å²) in [4.78, 5) is 10.0. The van der Waals surface area contributed by atoms with E-state index in [1.165, 1.54) is 17.5 Å². The molecule has 0 saturated carbocycles. The second kappa shape index (κ2) is 20.4. The molecule has 0 bridgehead atoms. The molecule has 3 heterocycles. The van der Waals surface area contributed by atoms with E-state index in [-0.39, 0.29) is 0 Å². The van der Waals surface area contributed by atoms with Crippen LogP contribution < -0.4 is 28.4 Å². The maximum absolute atomic E-state index is 6.23. The van der Waals surface area contributed by atoms with Gasteiger partial charge in [-0.1, -0.05) is 29.4 Å². The molecule has 12 heteroatoms. The molecular formula is C46H54N4O7S. The van der Waals surface area contributed by atoms with Crippen molar-refractivity contribution in [1.82, 2.24) is 19.9 Å². The van der Waals surface area contributed by atoms with Crippen molar-refractivity contribution >= 4 is 21.6 Å². The number of hydrogen-bond acceptors (Lipinski definition) is 12. The Morgan fingerprint density at radius 1 is 0.586 bits per heavy atom. The standard InChI is InChI=1S/C46H54N4O7S/c1-51-39-19-18-33(40-32-38(48-57-40)35-30-42(52-2)45(54-4)43(31-35)53-3)29-41(39)56-27-12-6-10-21-50-24-22-49(23-25-50)20-9-5-11-26-55-36-15-13-14-34(28-36)46-47-37-16-7-8-17-44(37)58-46/h7-8,13-19,28-32H,5-6,9-12,20-27H2,1-4H3. The van der Waals surface area contributed by atoms with Crippen LogP contribution in [-0.2, 0) is 0 Å². The monoisotopic (exact) mass is 806 g/mol. The minimum absolute atomic E-state index is 0.522. The van der Waals surface area contributed by atoms with Crippen LogP contribution in [0.4, 0.5) is 0 Å². The highest BCUT2D eigenvalue weighted by Crippen LogP contribution is 2.42. The number of para-hydroxylation sites is 1. The predicted molar refractivity (Wildman–Crippen MR) is 230 cm³/mol. The van der Waals surface area contributed by atoms with Crippen molar-refractivity contribution in [2.75, 3.05) is 80.9 Å². The SMILES string of the molecule is COc1ccc(-c2cc(-c3cc(OC)c(OC)c(OC)c3)no2)cc1OCCCCCN1CCN(CCCCCOc2cccc(-c3nc4ccccc4s3)c2)CC1. The van der Waals surface area contributed by atoms with Gasteiger partial charge in [-0.25, -0.2) is 4.98 Å². The Balaban J connectivity index is 0.766. The van der Waals surface area contributed by atoms with Gasteiger partial charge in [0, 0.05) is 48.9 Å². The Bertz CT molecular complexity index is 2160. The average molecular weight is 807 g/mol. The van der Waals surface area contributed by atoms with E-state index in [4.69, 9.17) is 37.9 Å². The molecule has 0 N–H and O–H groups in total. The summed E-state index contributed by atoms with van der Waals surface area (Å²) in [5.41, 5.74) is 4.43. The average Bonchev–Trinajstić information content (AvgIpc) is 3.95. The van der Waals surface area contributed by atoms with Gasteiger partial charge >= 0.3 is 0 Å². The molecule has 4 aromatic carbocycles. The number of thiazole rings is 1. The summed E-state index contributed by atoms with van der Waals surface area (Å²) in [7, 11) is 6.41. The number of fused-ring (bicyclic) bond motifs is 1. The number of ether oxygens (including phenoxy) is 6. The summed E-state index contributed by atoms with van der Waals surface area (Å²) < 4.78 is 41.4. The lowest BCUT2D eigenvalue weighted by Crippen LogP contribution is -2.46. The summed E-state index contributed by atoms with van der Waals surface area (Å²) in [6.45, 7) is 8.20. The normalized spacial score (nSPS) is 13.4. The predicted octanol–water partition coefficient (Wildman–Crippen LogP) is 9.74. The molecule has 6 aromatic rings. The molecular weight excluding hydrogens is 753 g/mol. The highest BCUT2D eigenvalue weighted by molar-refractivity contribution is 7.21. The summed E-state index contributed by atoms with van der Waals surface area (Å²) in [6.07, 6.45) is 6.68. The summed E-state index contributed by atoms with van der Waals surface area (Å²) in [6, 6.07) is 28.0. The summed E-state index contributed by atoms with van der Waals surface area (Å²) in [5.74, 6) is 4.51. The van der Waals surface area contributed by atoms with E-state index < -0.39 is 0 Å². The lowest BCUT2D eigenvalue weighted by molar-refractivity contribution is 0.128. The van der Waals surface area contributed by atoms with Crippen molar-refractivity contribution in [2.45, 2.75) is 38.5 Å². The molecule has 0 amide bonds. The first-order chi connectivity index (χ1) is 28.5. The number of nitrogens with zero attached hydrogens (tertiary/aromatic N) is 4. The second-order valence-electron chi connectivity index (χ2n) is 14.4. The molecule has 0 atom stereocenters. The first-order valence-electron chi connectivity index (χ1n) is 20.2. The molecule has 0 unspecified atom stereocenters. The zero-order valence-electron chi connectivity index (χ0n) is 34.0.